The van der Waals surface area contributed by atoms with Crippen molar-refractivity contribution in [3.63, 3.8) is 0 Å². The third-order valence-electron chi connectivity index (χ3n) is 5.83. The number of nitrogens with zero attached hydrogens (tertiary/aromatic N) is 3. The third kappa shape index (κ3) is 4.59. The first-order valence-electron chi connectivity index (χ1n) is 10.2. The van der Waals surface area contributed by atoms with Crippen LogP contribution in [0.2, 0.25) is 0 Å². The van der Waals surface area contributed by atoms with E-state index in [2.05, 4.69) is 51.0 Å². The van der Waals surface area contributed by atoms with E-state index in [-0.39, 0.29) is 5.75 Å². The summed E-state index contributed by atoms with van der Waals surface area (Å²) in [5.41, 5.74) is 3.19. The van der Waals surface area contributed by atoms with Crippen LogP contribution in [0.1, 0.15) is 24.0 Å². The van der Waals surface area contributed by atoms with Gasteiger partial charge in [-0.2, -0.15) is 0 Å². The molecule has 1 fully saturated rings. The highest BCUT2D eigenvalue weighted by atomic mass is 16.3. The molecule has 0 atom stereocenters. The van der Waals surface area contributed by atoms with E-state index >= 15 is 0 Å². The maximum atomic E-state index is 10.1. The van der Waals surface area contributed by atoms with E-state index in [9.17, 15) is 5.11 Å². The molecule has 0 amide bonds. The van der Waals surface area contributed by atoms with Crippen LogP contribution in [0.5, 0.6) is 5.75 Å². The number of fused-ring (bicyclic) bond motifs is 1. The van der Waals surface area contributed by atoms with Crippen LogP contribution in [-0.2, 0) is 13.1 Å². The van der Waals surface area contributed by atoms with Crippen LogP contribution in [0.4, 0.5) is 0 Å². The van der Waals surface area contributed by atoms with Crippen LogP contribution >= 0.6 is 0 Å². The van der Waals surface area contributed by atoms with Gasteiger partial charge in [0.25, 0.3) is 0 Å². The lowest BCUT2D eigenvalue weighted by Gasteiger charge is -2.38. The Hall–Kier alpha value is -2.87. The van der Waals surface area contributed by atoms with Gasteiger partial charge in [-0.1, -0.05) is 48.4 Å². The number of terminal acetylenes is 1. The molecule has 0 bridgehead atoms. The molecule has 1 aliphatic rings. The zero-order valence-corrected chi connectivity index (χ0v) is 16.7. The fourth-order valence-electron chi connectivity index (χ4n) is 4.29. The first-order valence-corrected chi connectivity index (χ1v) is 10.2. The molecule has 2 aromatic carbocycles. The summed E-state index contributed by atoms with van der Waals surface area (Å²) in [4.78, 5) is 9.27. The quantitative estimate of drug-likeness (QED) is 0.650. The Morgan fingerprint density at radius 2 is 1.86 bits per heavy atom. The molecular formula is C25H27N3O. The average Bonchev–Trinajstić information content (AvgIpc) is 2.77. The van der Waals surface area contributed by atoms with Crippen LogP contribution in [0, 0.1) is 12.3 Å². The first kappa shape index (κ1) is 19.4. The van der Waals surface area contributed by atoms with Crippen LogP contribution in [0.15, 0.2) is 60.8 Å². The smallest absolute Gasteiger partial charge is 0.141 e. The van der Waals surface area contributed by atoms with Crippen LogP contribution < -0.4 is 0 Å². The molecule has 4 rings (SSSR count). The van der Waals surface area contributed by atoms with Gasteiger partial charge in [-0.05, 0) is 49.2 Å². The molecule has 0 saturated carbocycles. The number of phenols is 1. The van der Waals surface area contributed by atoms with Gasteiger partial charge in [0.15, 0.2) is 0 Å². The standard InChI is InChI=1S/C25H27N3O/c1-2-15-28(19-21-10-11-24(29)25-23(21)9-6-14-26-25)22-12-16-27(17-13-22)18-20-7-4-3-5-8-20/h1,3-11,14,22,29H,12-13,15-19H2. The van der Waals surface area contributed by atoms with Crippen molar-refractivity contribution in [2.24, 2.45) is 0 Å². The minimum absolute atomic E-state index is 0.224. The number of aromatic hydroxyl groups is 1. The minimum atomic E-state index is 0.224. The largest absolute Gasteiger partial charge is 0.506 e. The summed E-state index contributed by atoms with van der Waals surface area (Å²) in [6.45, 7) is 4.58. The molecular weight excluding hydrogens is 358 g/mol. The number of phenolic OH excluding ortho intramolecular Hbond substituents is 1. The van der Waals surface area contributed by atoms with Gasteiger partial charge in [0.05, 0.1) is 6.54 Å². The molecule has 1 saturated heterocycles. The summed E-state index contributed by atoms with van der Waals surface area (Å²) < 4.78 is 0. The van der Waals surface area contributed by atoms with Crippen LogP contribution in [-0.4, -0.2) is 45.6 Å². The SMILES string of the molecule is C#CCN(Cc1ccc(O)c2ncccc12)C1CCN(Cc2ccccc2)CC1. The lowest BCUT2D eigenvalue weighted by molar-refractivity contribution is 0.110. The molecule has 148 valence electrons. The zero-order valence-electron chi connectivity index (χ0n) is 16.7. The van der Waals surface area contributed by atoms with Gasteiger partial charge in [0.2, 0.25) is 0 Å². The van der Waals surface area contributed by atoms with Crippen molar-refractivity contribution in [3.8, 4) is 18.1 Å². The highest BCUT2D eigenvalue weighted by molar-refractivity contribution is 5.87. The molecule has 2 heterocycles. The molecule has 0 radical (unpaired) electrons. The second kappa shape index (κ2) is 9.09. The number of hydrogen-bond acceptors (Lipinski definition) is 4. The normalized spacial score (nSPS) is 15.6. The van der Waals surface area contributed by atoms with Gasteiger partial charge in [-0.15, -0.1) is 6.42 Å². The van der Waals surface area contributed by atoms with Gasteiger partial charge in [-0.25, -0.2) is 0 Å². The maximum absolute atomic E-state index is 10.1. The van der Waals surface area contributed by atoms with E-state index in [0.717, 1.165) is 50.0 Å². The predicted octanol–water partition coefficient (Wildman–Crippen LogP) is 4.04. The van der Waals surface area contributed by atoms with Crippen molar-refractivity contribution in [2.45, 2.75) is 32.0 Å². The molecule has 4 nitrogen and oxygen atoms in total. The lowest BCUT2D eigenvalue weighted by atomic mass is 10.0. The van der Waals surface area contributed by atoms with Gasteiger partial charge >= 0.3 is 0 Å². The Morgan fingerprint density at radius 1 is 1.07 bits per heavy atom. The summed E-state index contributed by atoms with van der Waals surface area (Å²) >= 11 is 0. The highest BCUT2D eigenvalue weighted by Crippen LogP contribution is 2.28. The average molecular weight is 386 g/mol. The Morgan fingerprint density at radius 3 is 2.62 bits per heavy atom. The minimum Gasteiger partial charge on any atom is -0.506 e. The topological polar surface area (TPSA) is 39.6 Å². The molecule has 1 aromatic heterocycles. The maximum Gasteiger partial charge on any atom is 0.141 e. The zero-order chi connectivity index (χ0) is 20.1. The Labute approximate surface area is 172 Å². The number of pyridine rings is 1. The number of likely N-dealkylation sites (tertiary alicyclic amines) is 1. The lowest BCUT2D eigenvalue weighted by Crippen LogP contribution is -2.44. The van der Waals surface area contributed by atoms with E-state index in [1.165, 1.54) is 5.56 Å². The number of aromatic nitrogens is 1. The fourth-order valence-corrected chi connectivity index (χ4v) is 4.29. The number of hydrogen-bond donors (Lipinski definition) is 1. The first-order chi connectivity index (χ1) is 14.2. The number of piperidine rings is 1. The summed E-state index contributed by atoms with van der Waals surface area (Å²) in [5.74, 6) is 3.07. The van der Waals surface area contributed by atoms with Gasteiger partial charge in [0.1, 0.15) is 11.3 Å². The predicted molar refractivity (Wildman–Crippen MR) is 117 cm³/mol. The number of rotatable bonds is 6. The summed E-state index contributed by atoms with van der Waals surface area (Å²) in [5, 5.41) is 11.1. The number of benzene rings is 2. The van der Waals surface area contributed by atoms with Gasteiger partial charge in [-0.3, -0.25) is 14.8 Å². The van der Waals surface area contributed by atoms with E-state index in [1.807, 2.05) is 18.2 Å². The van der Waals surface area contributed by atoms with Crippen molar-refractivity contribution in [1.29, 1.82) is 0 Å². The van der Waals surface area contributed by atoms with Gasteiger partial charge < -0.3 is 5.11 Å². The summed E-state index contributed by atoms with van der Waals surface area (Å²) in [6, 6.07) is 18.8. The molecule has 1 N–H and O–H groups in total. The van der Waals surface area contributed by atoms with Crippen molar-refractivity contribution >= 4 is 10.9 Å². The molecule has 4 heteroatoms. The van der Waals surface area contributed by atoms with Gasteiger partial charge in [0, 0.05) is 30.7 Å². The Kier molecular flexibility index (Phi) is 6.09. The monoisotopic (exact) mass is 385 g/mol. The van der Waals surface area contributed by atoms with E-state index in [4.69, 9.17) is 6.42 Å². The summed E-state index contributed by atoms with van der Waals surface area (Å²) in [6.07, 6.45) is 9.65. The highest BCUT2D eigenvalue weighted by Gasteiger charge is 2.25. The van der Waals surface area contributed by atoms with Crippen molar-refractivity contribution < 1.29 is 5.11 Å². The molecule has 0 unspecified atom stereocenters. The second-order valence-corrected chi connectivity index (χ2v) is 7.75. The van der Waals surface area contributed by atoms with Crippen LogP contribution in [0.25, 0.3) is 10.9 Å². The van der Waals surface area contributed by atoms with Crippen LogP contribution in [0.3, 0.4) is 0 Å². The van der Waals surface area contributed by atoms with Crippen molar-refractivity contribution in [1.82, 2.24) is 14.8 Å². The van der Waals surface area contributed by atoms with Crippen molar-refractivity contribution in [2.75, 3.05) is 19.6 Å². The molecule has 1 aliphatic heterocycles. The molecule has 3 aromatic rings. The molecule has 0 aliphatic carbocycles. The Balaban J connectivity index is 1.44. The third-order valence-corrected chi connectivity index (χ3v) is 5.83. The Bertz CT molecular complexity index is 988. The summed E-state index contributed by atoms with van der Waals surface area (Å²) in [7, 11) is 0. The van der Waals surface area contributed by atoms with E-state index in [1.54, 1.807) is 12.3 Å². The molecule has 0 spiro atoms. The van der Waals surface area contributed by atoms with E-state index in [0.29, 0.717) is 18.1 Å². The fraction of sp³-hybridized carbons (Fsp3) is 0.320. The molecule has 29 heavy (non-hydrogen) atoms. The second-order valence-electron chi connectivity index (χ2n) is 7.75. The van der Waals surface area contributed by atoms with E-state index < -0.39 is 0 Å². The van der Waals surface area contributed by atoms with Crippen molar-refractivity contribution in [3.05, 3.63) is 71.9 Å².